The second-order valence-corrected chi connectivity index (χ2v) is 10.2. The lowest BCUT2D eigenvalue weighted by Gasteiger charge is -2.13. The van der Waals surface area contributed by atoms with Crippen molar-refractivity contribution in [1.29, 1.82) is 0 Å². The number of methoxy groups -OCH3 is 2. The summed E-state index contributed by atoms with van der Waals surface area (Å²) < 4.78 is 15.6. The Kier molecular flexibility index (Phi) is 9.57. The highest BCUT2D eigenvalue weighted by atomic mass is 16.5. The van der Waals surface area contributed by atoms with E-state index in [9.17, 15) is 19.2 Å². The molecule has 0 bridgehead atoms. The zero-order valence-corrected chi connectivity index (χ0v) is 24.3. The van der Waals surface area contributed by atoms with Crippen LogP contribution in [0.2, 0.25) is 0 Å². The lowest BCUT2D eigenvalue weighted by molar-refractivity contribution is 0.0589. The minimum Gasteiger partial charge on any atom is -0.465 e. The fourth-order valence-electron chi connectivity index (χ4n) is 4.44. The van der Waals surface area contributed by atoms with E-state index in [1.54, 1.807) is 60.7 Å². The van der Waals surface area contributed by atoms with Crippen LogP contribution in [0, 0.1) is 5.92 Å². The number of hydrogen-bond acceptors (Lipinski definition) is 8. The summed E-state index contributed by atoms with van der Waals surface area (Å²) in [4.78, 5) is 51.8. The van der Waals surface area contributed by atoms with E-state index in [-0.39, 0.29) is 28.2 Å². The van der Waals surface area contributed by atoms with E-state index in [0.29, 0.717) is 34.9 Å². The Balaban J connectivity index is 1.60. The van der Waals surface area contributed by atoms with Crippen LogP contribution < -0.4 is 15.8 Å². The van der Waals surface area contributed by atoms with Crippen molar-refractivity contribution < 1.29 is 33.4 Å². The first-order valence-corrected chi connectivity index (χ1v) is 13.5. The third-order valence-corrected chi connectivity index (χ3v) is 6.57. The summed E-state index contributed by atoms with van der Waals surface area (Å²) in [5, 5.41) is 2.75. The molecule has 0 fully saturated rings. The number of ketones is 1. The Bertz CT molecular complexity index is 1660. The maximum Gasteiger partial charge on any atom is 0.338 e. The van der Waals surface area contributed by atoms with Crippen molar-refractivity contribution in [3.63, 3.8) is 0 Å². The van der Waals surface area contributed by atoms with E-state index in [4.69, 9.17) is 19.9 Å². The largest absolute Gasteiger partial charge is 0.465 e. The van der Waals surface area contributed by atoms with Crippen molar-refractivity contribution in [1.82, 2.24) is 0 Å². The minimum absolute atomic E-state index is 0.0117. The van der Waals surface area contributed by atoms with E-state index < -0.39 is 23.6 Å². The van der Waals surface area contributed by atoms with Crippen molar-refractivity contribution in [3.8, 4) is 11.5 Å². The molecule has 4 aromatic carbocycles. The van der Waals surface area contributed by atoms with Gasteiger partial charge >= 0.3 is 11.9 Å². The molecule has 0 spiro atoms. The molecule has 0 unspecified atom stereocenters. The van der Waals surface area contributed by atoms with Crippen LogP contribution in [0.3, 0.4) is 0 Å². The van der Waals surface area contributed by atoms with Gasteiger partial charge in [-0.05, 0) is 84.6 Å². The fraction of sp³-hybridized carbons (Fsp3) is 0.176. The molecule has 3 N–H and O–H groups in total. The molecule has 43 heavy (non-hydrogen) atoms. The van der Waals surface area contributed by atoms with Gasteiger partial charge in [-0.2, -0.15) is 0 Å². The monoisotopic (exact) mass is 580 g/mol. The van der Waals surface area contributed by atoms with Crippen LogP contribution in [0.1, 0.15) is 66.4 Å². The van der Waals surface area contributed by atoms with Crippen LogP contribution in [0.25, 0.3) is 0 Å². The van der Waals surface area contributed by atoms with E-state index in [1.807, 2.05) is 13.8 Å². The first-order valence-electron chi connectivity index (χ1n) is 13.5. The Morgan fingerprint density at radius 3 is 1.81 bits per heavy atom. The molecular formula is C34H32N2O7. The zero-order valence-electron chi connectivity index (χ0n) is 24.3. The van der Waals surface area contributed by atoms with Gasteiger partial charge in [0.1, 0.15) is 11.5 Å². The average Bonchev–Trinajstić information content (AvgIpc) is 3.01. The van der Waals surface area contributed by atoms with Gasteiger partial charge in [-0.3, -0.25) is 9.59 Å². The topological polar surface area (TPSA) is 134 Å². The summed E-state index contributed by atoms with van der Waals surface area (Å²) in [6.45, 7) is 4.05. The number of esters is 2. The van der Waals surface area contributed by atoms with Gasteiger partial charge in [-0.1, -0.05) is 32.0 Å². The fourth-order valence-corrected chi connectivity index (χ4v) is 4.44. The van der Waals surface area contributed by atoms with Crippen molar-refractivity contribution in [2.24, 2.45) is 5.92 Å². The van der Waals surface area contributed by atoms with Gasteiger partial charge < -0.3 is 25.3 Å². The minimum atomic E-state index is -0.734. The predicted octanol–water partition coefficient (Wildman–Crippen LogP) is 6.32. The number of carbonyl (C=O) groups excluding carboxylic acids is 4. The molecular weight excluding hydrogens is 548 g/mol. The summed E-state index contributed by atoms with van der Waals surface area (Å²) in [5.74, 6) is -0.913. The molecule has 1 amide bonds. The standard InChI is InChI=1S/C34H32N2O7/c1-20(2)17-21-5-6-22(18-29(21)34(40)42-4)31(37)23-7-16-28(33(39)41-3)30(19-23)32(38)36-25-10-14-27(15-11-25)43-26-12-8-24(35)9-13-26/h5-16,18-20H,17,35H2,1-4H3,(H,36,38). The predicted molar refractivity (Wildman–Crippen MR) is 163 cm³/mol. The third kappa shape index (κ3) is 7.45. The number of nitrogen functional groups attached to an aromatic ring is 1. The number of hydrogen-bond donors (Lipinski definition) is 2. The van der Waals surface area contributed by atoms with Crippen LogP contribution in [0.5, 0.6) is 11.5 Å². The van der Waals surface area contributed by atoms with Crippen molar-refractivity contribution in [2.45, 2.75) is 20.3 Å². The first kappa shape index (κ1) is 30.5. The molecule has 0 aliphatic heterocycles. The van der Waals surface area contributed by atoms with Crippen LogP contribution in [-0.2, 0) is 15.9 Å². The van der Waals surface area contributed by atoms with Crippen LogP contribution in [-0.4, -0.2) is 37.8 Å². The number of ether oxygens (including phenoxy) is 3. The van der Waals surface area contributed by atoms with Gasteiger partial charge in [0.25, 0.3) is 5.91 Å². The summed E-state index contributed by atoms with van der Waals surface area (Å²) in [6.07, 6.45) is 0.630. The highest BCUT2D eigenvalue weighted by Crippen LogP contribution is 2.25. The van der Waals surface area contributed by atoms with E-state index >= 15 is 0 Å². The molecule has 0 radical (unpaired) electrons. The Morgan fingerprint density at radius 2 is 1.23 bits per heavy atom. The number of carbonyl (C=O) groups is 4. The molecule has 4 rings (SSSR count). The molecule has 0 aromatic heterocycles. The van der Waals surface area contributed by atoms with E-state index in [2.05, 4.69) is 5.32 Å². The molecule has 9 nitrogen and oxygen atoms in total. The Morgan fingerprint density at radius 1 is 0.698 bits per heavy atom. The summed E-state index contributed by atoms with van der Waals surface area (Å²) in [6, 6.07) is 22.6. The van der Waals surface area contributed by atoms with Crippen LogP contribution in [0.4, 0.5) is 11.4 Å². The molecule has 9 heteroatoms. The highest BCUT2D eigenvalue weighted by Gasteiger charge is 2.22. The maximum absolute atomic E-state index is 13.5. The number of amides is 1. The number of benzene rings is 4. The summed E-state index contributed by atoms with van der Waals surface area (Å²) in [7, 11) is 2.49. The molecule has 0 saturated heterocycles. The van der Waals surface area contributed by atoms with Crippen molar-refractivity contribution in [2.75, 3.05) is 25.3 Å². The molecule has 0 aliphatic carbocycles. The van der Waals surface area contributed by atoms with Gasteiger partial charge in [-0.25, -0.2) is 9.59 Å². The lowest BCUT2D eigenvalue weighted by atomic mass is 9.92. The van der Waals surface area contributed by atoms with Gasteiger partial charge in [0, 0.05) is 22.5 Å². The van der Waals surface area contributed by atoms with Crippen molar-refractivity contribution >= 4 is 35.0 Å². The number of nitrogens with two attached hydrogens (primary N) is 1. The van der Waals surface area contributed by atoms with Gasteiger partial charge in [0.15, 0.2) is 5.78 Å². The van der Waals surface area contributed by atoms with Crippen molar-refractivity contribution in [3.05, 3.63) is 118 Å². The SMILES string of the molecule is COC(=O)c1cc(C(=O)c2ccc(C(=O)OC)c(C(=O)Nc3ccc(Oc4ccc(N)cc4)cc3)c2)ccc1CC(C)C. The molecule has 0 atom stereocenters. The normalized spacial score (nSPS) is 10.6. The maximum atomic E-state index is 13.5. The molecule has 0 aliphatic rings. The second kappa shape index (κ2) is 13.5. The van der Waals surface area contributed by atoms with Crippen LogP contribution >= 0.6 is 0 Å². The van der Waals surface area contributed by atoms with Crippen LogP contribution in [0.15, 0.2) is 84.9 Å². The van der Waals surface area contributed by atoms with E-state index in [1.165, 1.54) is 38.5 Å². The summed E-state index contributed by atoms with van der Waals surface area (Å²) in [5.41, 5.74) is 8.16. The molecule has 220 valence electrons. The van der Waals surface area contributed by atoms with E-state index in [0.717, 1.165) is 5.56 Å². The van der Waals surface area contributed by atoms with Gasteiger partial charge in [-0.15, -0.1) is 0 Å². The number of anilines is 2. The molecule has 4 aromatic rings. The first-order chi connectivity index (χ1) is 20.6. The molecule has 0 heterocycles. The third-order valence-electron chi connectivity index (χ3n) is 6.57. The number of rotatable bonds is 10. The number of nitrogens with one attached hydrogen (secondary N) is 1. The quantitative estimate of drug-likeness (QED) is 0.127. The molecule has 0 saturated carbocycles. The smallest absolute Gasteiger partial charge is 0.338 e. The van der Waals surface area contributed by atoms with Gasteiger partial charge in [0.2, 0.25) is 0 Å². The zero-order chi connectivity index (χ0) is 31.1. The second-order valence-electron chi connectivity index (χ2n) is 10.2. The average molecular weight is 581 g/mol. The lowest BCUT2D eigenvalue weighted by Crippen LogP contribution is -2.18. The Hall–Kier alpha value is -5.44. The Labute approximate surface area is 249 Å². The summed E-state index contributed by atoms with van der Waals surface area (Å²) >= 11 is 0. The van der Waals surface area contributed by atoms with Gasteiger partial charge in [0.05, 0.1) is 30.9 Å². The highest BCUT2D eigenvalue weighted by molar-refractivity contribution is 6.15.